The quantitative estimate of drug-likeness (QED) is 0.735. The van der Waals surface area contributed by atoms with Crippen LogP contribution in [0.4, 0.5) is 4.79 Å². The lowest BCUT2D eigenvalue weighted by Crippen LogP contribution is -2.60. The van der Waals surface area contributed by atoms with Crippen molar-refractivity contribution in [2.24, 2.45) is 16.6 Å². The van der Waals surface area contributed by atoms with E-state index in [0.29, 0.717) is 17.8 Å². The summed E-state index contributed by atoms with van der Waals surface area (Å²) in [5.41, 5.74) is 5.84. The molecule has 3 aliphatic rings. The molecular formula is C12H19N3O. The Morgan fingerprint density at radius 3 is 2.75 bits per heavy atom. The average molecular weight is 221 g/mol. The van der Waals surface area contributed by atoms with Gasteiger partial charge in [0.05, 0.1) is 0 Å². The number of amidine groups is 1. The Hall–Kier alpha value is -1.06. The van der Waals surface area contributed by atoms with Gasteiger partial charge in [-0.2, -0.15) is 4.99 Å². The van der Waals surface area contributed by atoms with E-state index in [2.05, 4.69) is 11.9 Å². The molecule has 0 bridgehead atoms. The molecule has 88 valence electrons. The highest BCUT2D eigenvalue weighted by molar-refractivity contribution is 6.06. The van der Waals surface area contributed by atoms with E-state index in [1.165, 1.54) is 6.42 Å². The minimum absolute atomic E-state index is 0.0891. The van der Waals surface area contributed by atoms with E-state index < -0.39 is 0 Å². The van der Waals surface area contributed by atoms with Crippen LogP contribution in [0.5, 0.6) is 0 Å². The van der Waals surface area contributed by atoms with E-state index in [1.807, 2.05) is 4.90 Å². The van der Waals surface area contributed by atoms with Crippen LogP contribution in [0.2, 0.25) is 0 Å². The third-order valence-electron chi connectivity index (χ3n) is 4.47. The van der Waals surface area contributed by atoms with Crippen LogP contribution in [0.15, 0.2) is 4.99 Å². The molecule has 0 saturated heterocycles. The summed E-state index contributed by atoms with van der Waals surface area (Å²) in [6, 6.07) is 0.326. The molecule has 1 aliphatic heterocycles. The summed E-state index contributed by atoms with van der Waals surface area (Å²) in [6.45, 7) is 2.22. The zero-order valence-corrected chi connectivity index (χ0v) is 9.78. The van der Waals surface area contributed by atoms with Crippen LogP contribution >= 0.6 is 0 Å². The predicted molar refractivity (Wildman–Crippen MR) is 62.2 cm³/mol. The first-order valence-corrected chi connectivity index (χ1v) is 6.34. The SMILES string of the molecule is CC1CCCCC12C(N)=NC(=O)N2C1CC1. The van der Waals surface area contributed by atoms with Crippen molar-refractivity contribution in [2.75, 3.05) is 0 Å². The van der Waals surface area contributed by atoms with Crippen molar-refractivity contribution in [2.45, 2.75) is 57.0 Å². The number of hydrogen-bond donors (Lipinski definition) is 1. The van der Waals surface area contributed by atoms with E-state index in [-0.39, 0.29) is 11.6 Å². The Kier molecular flexibility index (Phi) is 2.03. The van der Waals surface area contributed by atoms with Gasteiger partial charge >= 0.3 is 6.03 Å². The molecule has 16 heavy (non-hydrogen) atoms. The number of rotatable bonds is 1. The Morgan fingerprint density at radius 2 is 2.12 bits per heavy atom. The molecule has 2 saturated carbocycles. The summed E-state index contributed by atoms with van der Waals surface area (Å²) in [7, 11) is 0. The van der Waals surface area contributed by atoms with Crippen LogP contribution in [-0.2, 0) is 0 Å². The van der Waals surface area contributed by atoms with E-state index in [0.717, 1.165) is 32.1 Å². The van der Waals surface area contributed by atoms with Crippen LogP contribution in [0.25, 0.3) is 0 Å². The van der Waals surface area contributed by atoms with Crippen LogP contribution in [0.1, 0.15) is 45.4 Å². The van der Waals surface area contributed by atoms with Crippen LogP contribution < -0.4 is 5.73 Å². The molecule has 0 aromatic rings. The fraction of sp³-hybridized carbons (Fsp3) is 0.833. The summed E-state index contributed by atoms with van der Waals surface area (Å²) in [6.07, 6.45) is 6.84. The van der Waals surface area contributed by atoms with Gasteiger partial charge in [0, 0.05) is 6.04 Å². The molecule has 2 amide bonds. The number of hydrogen-bond acceptors (Lipinski definition) is 2. The normalized spacial score (nSPS) is 39.3. The van der Waals surface area contributed by atoms with Gasteiger partial charge in [0.15, 0.2) is 0 Å². The van der Waals surface area contributed by atoms with Gasteiger partial charge in [-0.3, -0.25) is 0 Å². The minimum Gasteiger partial charge on any atom is -0.385 e. The van der Waals surface area contributed by atoms with E-state index in [1.54, 1.807) is 0 Å². The summed E-state index contributed by atoms with van der Waals surface area (Å²) in [5.74, 6) is 1.04. The van der Waals surface area contributed by atoms with Gasteiger partial charge < -0.3 is 10.6 Å². The number of carbonyl (C=O) groups excluding carboxylic acids is 1. The molecule has 3 rings (SSSR count). The second-order valence-electron chi connectivity index (χ2n) is 5.45. The number of aliphatic imine (C=N–C) groups is 1. The summed E-state index contributed by atoms with van der Waals surface area (Å²) in [4.78, 5) is 18.0. The zero-order chi connectivity index (χ0) is 11.3. The molecule has 0 radical (unpaired) electrons. The summed E-state index contributed by atoms with van der Waals surface area (Å²) >= 11 is 0. The van der Waals surface area contributed by atoms with Gasteiger partial charge in [-0.1, -0.05) is 19.8 Å². The van der Waals surface area contributed by atoms with Crippen molar-refractivity contribution in [3.8, 4) is 0 Å². The van der Waals surface area contributed by atoms with E-state index in [9.17, 15) is 4.79 Å². The number of urea groups is 1. The first kappa shape index (κ1) is 10.1. The number of nitrogens with two attached hydrogens (primary N) is 1. The highest BCUT2D eigenvalue weighted by Gasteiger charge is 2.56. The van der Waals surface area contributed by atoms with Gasteiger partial charge in [0.25, 0.3) is 0 Å². The van der Waals surface area contributed by atoms with E-state index in [4.69, 9.17) is 5.73 Å². The molecule has 2 N–H and O–H groups in total. The smallest absolute Gasteiger partial charge is 0.346 e. The maximum atomic E-state index is 11.9. The topological polar surface area (TPSA) is 58.7 Å². The first-order chi connectivity index (χ1) is 7.66. The van der Waals surface area contributed by atoms with Crippen molar-refractivity contribution >= 4 is 11.9 Å². The van der Waals surface area contributed by atoms with Gasteiger partial charge in [-0.25, -0.2) is 4.79 Å². The van der Waals surface area contributed by atoms with Crippen molar-refractivity contribution in [3.63, 3.8) is 0 Å². The number of nitrogens with zero attached hydrogens (tertiary/aromatic N) is 2. The van der Waals surface area contributed by atoms with E-state index >= 15 is 0 Å². The minimum atomic E-state index is -0.226. The number of amides is 2. The molecule has 4 heteroatoms. The zero-order valence-electron chi connectivity index (χ0n) is 9.78. The van der Waals surface area contributed by atoms with Gasteiger partial charge in [0.1, 0.15) is 11.4 Å². The summed E-state index contributed by atoms with van der Waals surface area (Å²) in [5, 5.41) is 0. The highest BCUT2D eigenvalue weighted by Crippen LogP contribution is 2.46. The van der Waals surface area contributed by atoms with Gasteiger partial charge in [0.2, 0.25) is 0 Å². The Morgan fingerprint density at radius 1 is 1.38 bits per heavy atom. The maximum Gasteiger partial charge on any atom is 0.346 e. The molecule has 0 aromatic heterocycles. The van der Waals surface area contributed by atoms with Crippen LogP contribution in [0.3, 0.4) is 0 Å². The molecule has 1 spiro atoms. The lowest BCUT2D eigenvalue weighted by Gasteiger charge is -2.45. The van der Waals surface area contributed by atoms with Gasteiger partial charge in [-0.05, 0) is 31.6 Å². The highest BCUT2D eigenvalue weighted by atomic mass is 16.2. The first-order valence-electron chi connectivity index (χ1n) is 6.34. The molecule has 2 aliphatic carbocycles. The van der Waals surface area contributed by atoms with Crippen molar-refractivity contribution in [1.82, 2.24) is 4.90 Å². The van der Waals surface area contributed by atoms with Crippen molar-refractivity contribution in [1.29, 1.82) is 0 Å². The largest absolute Gasteiger partial charge is 0.385 e. The van der Waals surface area contributed by atoms with Crippen LogP contribution in [-0.4, -0.2) is 28.3 Å². The molecule has 2 fully saturated rings. The van der Waals surface area contributed by atoms with Crippen LogP contribution in [0, 0.1) is 5.92 Å². The second kappa shape index (κ2) is 3.22. The maximum absolute atomic E-state index is 11.9. The van der Waals surface area contributed by atoms with Crippen molar-refractivity contribution < 1.29 is 4.79 Å². The lowest BCUT2D eigenvalue weighted by molar-refractivity contribution is 0.0966. The molecule has 1 heterocycles. The second-order valence-corrected chi connectivity index (χ2v) is 5.45. The molecular weight excluding hydrogens is 202 g/mol. The molecule has 0 aromatic carbocycles. The molecule has 4 nitrogen and oxygen atoms in total. The summed E-state index contributed by atoms with van der Waals surface area (Å²) < 4.78 is 0. The Bertz CT molecular complexity index is 361. The predicted octanol–water partition coefficient (Wildman–Crippen LogP) is 1.89. The Balaban J connectivity index is 2.00. The monoisotopic (exact) mass is 221 g/mol. The Labute approximate surface area is 95.9 Å². The fourth-order valence-corrected chi connectivity index (χ4v) is 3.43. The lowest BCUT2D eigenvalue weighted by atomic mass is 9.72. The number of carbonyl (C=O) groups is 1. The third kappa shape index (κ3) is 1.16. The third-order valence-corrected chi connectivity index (χ3v) is 4.47. The van der Waals surface area contributed by atoms with Gasteiger partial charge in [-0.15, -0.1) is 0 Å². The fourth-order valence-electron chi connectivity index (χ4n) is 3.43. The van der Waals surface area contributed by atoms with Crippen molar-refractivity contribution in [3.05, 3.63) is 0 Å². The standard InChI is InChI=1S/C12H19N3O/c1-8-4-2-3-7-12(8)10(13)14-11(16)15(12)9-5-6-9/h8-9H,2-7H2,1H3,(H2,13,14,16). The molecule has 2 unspecified atom stereocenters. The average Bonchev–Trinajstić information content (AvgIpc) is 3.01. The molecule has 2 atom stereocenters.